The van der Waals surface area contributed by atoms with Crippen molar-refractivity contribution in [3.63, 3.8) is 0 Å². The van der Waals surface area contributed by atoms with E-state index in [0.29, 0.717) is 12.5 Å². The third kappa shape index (κ3) is 4.60. The number of hydrogen-bond donors (Lipinski definition) is 2. The van der Waals surface area contributed by atoms with Gasteiger partial charge in [-0.15, -0.1) is 0 Å². The van der Waals surface area contributed by atoms with Crippen LogP contribution in [0.2, 0.25) is 0 Å². The van der Waals surface area contributed by atoms with Gasteiger partial charge in [0.2, 0.25) is 0 Å². The zero-order valence-corrected chi connectivity index (χ0v) is 11.4. The highest BCUT2D eigenvalue weighted by molar-refractivity contribution is 5.94. The first kappa shape index (κ1) is 16.1. The van der Waals surface area contributed by atoms with E-state index in [1.165, 1.54) is 6.92 Å². The van der Waals surface area contributed by atoms with Crippen molar-refractivity contribution >= 4 is 11.9 Å². The van der Waals surface area contributed by atoms with Gasteiger partial charge in [0.1, 0.15) is 11.6 Å². The summed E-state index contributed by atoms with van der Waals surface area (Å²) in [7, 11) is 0. The Labute approximate surface area is 115 Å². The molecule has 0 bridgehead atoms. The fraction of sp³-hybridized carbons (Fsp3) is 0.429. The molecule has 0 heterocycles. The molecule has 0 aliphatic rings. The summed E-state index contributed by atoms with van der Waals surface area (Å²) in [6.07, 6.45) is 0.432. The maximum Gasteiger partial charge on any atom is 0.303 e. The summed E-state index contributed by atoms with van der Waals surface area (Å²) in [4.78, 5) is 22.2. The highest BCUT2D eigenvalue weighted by Gasteiger charge is 2.15. The fourth-order valence-electron chi connectivity index (χ4n) is 1.67. The molecule has 6 heteroatoms. The van der Waals surface area contributed by atoms with Gasteiger partial charge in [-0.3, -0.25) is 9.59 Å². The number of amides is 1. The van der Waals surface area contributed by atoms with Gasteiger partial charge in [-0.2, -0.15) is 0 Å². The van der Waals surface area contributed by atoms with Gasteiger partial charge in [-0.1, -0.05) is 6.92 Å². The lowest BCUT2D eigenvalue weighted by Crippen LogP contribution is -2.29. The number of aryl methyl sites for hydroxylation is 1. The van der Waals surface area contributed by atoms with Crippen molar-refractivity contribution in [3.8, 4) is 0 Å². The van der Waals surface area contributed by atoms with Crippen molar-refractivity contribution in [2.45, 2.75) is 26.7 Å². The monoisotopic (exact) mass is 285 g/mol. The number of benzene rings is 1. The molecule has 1 aromatic carbocycles. The lowest BCUT2D eigenvalue weighted by Gasteiger charge is -2.12. The van der Waals surface area contributed by atoms with Crippen LogP contribution < -0.4 is 5.32 Å². The Morgan fingerprint density at radius 1 is 1.30 bits per heavy atom. The summed E-state index contributed by atoms with van der Waals surface area (Å²) in [5.74, 6) is -3.19. The second-order valence-electron chi connectivity index (χ2n) is 4.83. The largest absolute Gasteiger partial charge is 0.481 e. The molecule has 0 aliphatic heterocycles. The van der Waals surface area contributed by atoms with Gasteiger partial charge >= 0.3 is 5.97 Å². The SMILES string of the molecule is Cc1cc(C(=O)NCC(C)CCC(=O)O)c(F)cc1F. The number of halogens is 2. The first-order chi connectivity index (χ1) is 9.31. The van der Waals surface area contributed by atoms with Crippen LogP contribution in [0.3, 0.4) is 0 Å². The number of carboxylic acid groups (broad SMARTS) is 1. The molecule has 0 radical (unpaired) electrons. The molecule has 0 aliphatic carbocycles. The standard InChI is InChI=1S/C14H17F2NO3/c1-8(3-4-13(18)19)7-17-14(20)10-5-9(2)11(15)6-12(10)16/h5-6,8H,3-4,7H2,1-2H3,(H,17,20)(H,18,19). The van der Waals surface area contributed by atoms with E-state index in [9.17, 15) is 18.4 Å². The molecule has 20 heavy (non-hydrogen) atoms. The van der Waals surface area contributed by atoms with Crippen molar-refractivity contribution in [1.29, 1.82) is 0 Å². The van der Waals surface area contributed by atoms with Crippen molar-refractivity contribution in [3.05, 3.63) is 34.9 Å². The van der Waals surface area contributed by atoms with Gasteiger partial charge < -0.3 is 10.4 Å². The zero-order chi connectivity index (χ0) is 15.3. The minimum atomic E-state index is -0.913. The van der Waals surface area contributed by atoms with E-state index in [1.54, 1.807) is 6.92 Å². The molecule has 0 saturated carbocycles. The molecule has 1 aromatic rings. The van der Waals surface area contributed by atoms with Gasteiger partial charge in [0.15, 0.2) is 0 Å². The summed E-state index contributed by atoms with van der Waals surface area (Å²) in [6.45, 7) is 3.47. The number of carboxylic acids is 1. The van der Waals surface area contributed by atoms with Crippen LogP contribution >= 0.6 is 0 Å². The van der Waals surface area contributed by atoms with Gasteiger partial charge in [0.25, 0.3) is 5.91 Å². The van der Waals surface area contributed by atoms with E-state index in [0.717, 1.165) is 6.07 Å². The minimum absolute atomic E-state index is 0.0149. The molecule has 0 aromatic heterocycles. The third-order valence-corrected chi connectivity index (χ3v) is 2.96. The molecule has 0 fully saturated rings. The molecular weight excluding hydrogens is 268 g/mol. The van der Waals surface area contributed by atoms with Crippen LogP contribution in [0.15, 0.2) is 12.1 Å². The average molecular weight is 285 g/mol. The Morgan fingerprint density at radius 3 is 2.55 bits per heavy atom. The van der Waals surface area contributed by atoms with E-state index in [4.69, 9.17) is 5.11 Å². The molecule has 1 amide bonds. The molecule has 1 atom stereocenters. The number of carbonyl (C=O) groups excluding carboxylic acids is 1. The Morgan fingerprint density at radius 2 is 1.95 bits per heavy atom. The van der Waals surface area contributed by atoms with Crippen molar-refractivity contribution in [2.24, 2.45) is 5.92 Å². The normalized spacial score (nSPS) is 12.0. The molecule has 1 unspecified atom stereocenters. The Balaban J connectivity index is 2.59. The van der Waals surface area contributed by atoms with Crippen LogP contribution in [0, 0.1) is 24.5 Å². The van der Waals surface area contributed by atoms with Gasteiger partial charge in [0.05, 0.1) is 5.56 Å². The number of nitrogens with one attached hydrogen (secondary N) is 1. The topological polar surface area (TPSA) is 66.4 Å². The van der Waals surface area contributed by atoms with Gasteiger partial charge in [0, 0.05) is 19.0 Å². The summed E-state index contributed by atoms with van der Waals surface area (Å²) in [6, 6.07) is 1.83. The molecule has 4 nitrogen and oxygen atoms in total. The lowest BCUT2D eigenvalue weighted by atomic mass is 10.1. The van der Waals surface area contributed by atoms with Crippen molar-refractivity contribution < 1.29 is 23.5 Å². The van der Waals surface area contributed by atoms with Crippen LogP contribution in [0.4, 0.5) is 8.78 Å². The van der Waals surface area contributed by atoms with E-state index in [-0.39, 0.29) is 30.0 Å². The maximum absolute atomic E-state index is 13.5. The maximum atomic E-state index is 13.5. The number of hydrogen-bond acceptors (Lipinski definition) is 2. The van der Waals surface area contributed by atoms with E-state index >= 15 is 0 Å². The Hall–Kier alpha value is -1.98. The quantitative estimate of drug-likeness (QED) is 0.844. The molecule has 110 valence electrons. The van der Waals surface area contributed by atoms with Crippen LogP contribution in [0.1, 0.15) is 35.7 Å². The van der Waals surface area contributed by atoms with Gasteiger partial charge in [-0.25, -0.2) is 8.78 Å². The number of carbonyl (C=O) groups is 2. The second kappa shape index (κ2) is 6.98. The van der Waals surface area contributed by atoms with Crippen molar-refractivity contribution in [2.75, 3.05) is 6.54 Å². The van der Waals surface area contributed by atoms with Crippen LogP contribution in [0.25, 0.3) is 0 Å². The van der Waals surface area contributed by atoms with E-state index < -0.39 is 23.5 Å². The highest BCUT2D eigenvalue weighted by atomic mass is 19.1. The summed E-state index contributed by atoms with van der Waals surface area (Å²) >= 11 is 0. The average Bonchev–Trinajstić information content (AvgIpc) is 2.37. The first-order valence-corrected chi connectivity index (χ1v) is 6.27. The lowest BCUT2D eigenvalue weighted by molar-refractivity contribution is -0.137. The molecule has 2 N–H and O–H groups in total. The summed E-state index contributed by atoms with van der Waals surface area (Å²) < 4.78 is 26.6. The zero-order valence-electron chi connectivity index (χ0n) is 11.4. The highest BCUT2D eigenvalue weighted by Crippen LogP contribution is 2.14. The van der Waals surface area contributed by atoms with Crippen molar-refractivity contribution in [1.82, 2.24) is 5.32 Å². The molecule has 1 rings (SSSR count). The number of rotatable bonds is 6. The van der Waals surface area contributed by atoms with Crippen LogP contribution in [-0.4, -0.2) is 23.5 Å². The number of aliphatic carboxylic acids is 1. The predicted molar refractivity (Wildman–Crippen MR) is 69.5 cm³/mol. The van der Waals surface area contributed by atoms with Gasteiger partial charge in [-0.05, 0) is 30.9 Å². The second-order valence-corrected chi connectivity index (χ2v) is 4.83. The summed E-state index contributed by atoms with van der Waals surface area (Å²) in [5, 5.41) is 11.1. The fourth-order valence-corrected chi connectivity index (χ4v) is 1.67. The summed E-state index contributed by atoms with van der Waals surface area (Å²) in [5.41, 5.74) is -0.0233. The minimum Gasteiger partial charge on any atom is -0.481 e. The first-order valence-electron chi connectivity index (χ1n) is 6.27. The van der Waals surface area contributed by atoms with E-state index in [2.05, 4.69) is 5.32 Å². The Bertz CT molecular complexity index is 517. The molecule has 0 spiro atoms. The molecular formula is C14H17F2NO3. The predicted octanol–water partition coefficient (Wildman–Crippen LogP) is 2.50. The molecule has 0 saturated heterocycles. The van der Waals surface area contributed by atoms with Crippen LogP contribution in [-0.2, 0) is 4.79 Å². The smallest absolute Gasteiger partial charge is 0.303 e. The van der Waals surface area contributed by atoms with E-state index in [1.807, 2.05) is 0 Å². The Kier molecular flexibility index (Phi) is 5.61. The third-order valence-electron chi connectivity index (χ3n) is 2.96. The van der Waals surface area contributed by atoms with Crippen LogP contribution in [0.5, 0.6) is 0 Å².